The zero-order chi connectivity index (χ0) is 18.4. The summed E-state index contributed by atoms with van der Waals surface area (Å²) in [7, 11) is 1.77. The number of aromatic nitrogens is 1. The van der Waals surface area contributed by atoms with E-state index in [1.54, 1.807) is 29.2 Å². The average Bonchev–Trinajstić information content (AvgIpc) is 2.60. The van der Waals surface area contributed by atoms with Gasteiger partial charge in [0.2, 0.25) is 11.8 Å². The summed E-state index contributed by atoms with van der Waals surface area (Å²) in [5, 5.41) is 0. The van der Waals surface area contributed by atoms with Crippen LogP contribution in [0.2, 0.25) is 0 Å². The van der Waals surface area contributed by atoms with Gasteiger partial charge in [-0.3, -0.25) is 14.6 Å². The van der Waals surface area contributed by atoms with E-state index in [4.69, 9.17) is 0 Å². The molecule has 0 aliphatic carbocycles. The Labute approximate surface area is 149 Å². The van der Waals surface area contributed by atoms with Crippen molar-refractivity contribution in [1.82, 2.24) is 9.88 Å². The number of carbonyl (C=O) groups is 2. The summed E-state index contributed by atoms with van der Waals surface area (Å²) >= 11 is 0. The lowest BCUT2D eigenvalue weighted by Crippen LogP contribution is -2.41. The van der Waals surface area contributed by atoms with Crippen molar-refractivity contribution in [3.05, 3.63) is 59.4 Å². The highest BCUT2D eigenvalue weighted by atomic mass is 16.2. The molecule has 5 nitrogen and oxygen atoms in total. The van der Waals surface area contributed by atoms with Gasteiger partial charge in [0, 0.05) is 38.6 Å². The van der Waals surface area contributed by atoms with Gasteiger partial charge in [0.05, 0.1) is 0 Å². The SMILES string of the molecule is CC(=O)N(CC(=O)N(C)CCc1ccncc1)c1cccc(C)c1C. The lowest BCUT2D eigenvalue weighted by Gasteiger charge is -2.26. The van der Waals surface area contributed by atoms with Gasteiger partial charge >= 0.3 is 0 Å². The summed E-state index contributed by atoms with van der Waals surface area (Å²) in [6.07, 6.45) is 4.25. The molecule has 0 bridgehead atoms. The molecule has 0 aliphatic heterocycles. The van der Waals surface area contributed by atoms with Crippen molar-refractivity contribution >= 4 is 17.5 Å². The van der Waals surface area contributed by atoms with Gasteiger partial charge in [-0.2, -0.15) is 0 Å². The van der Waals surface area contributed by atoms with Gasteiger partial charge in [0.15, 0.2) is 0 Å². The predicted molar refractivity (Wildman–Crippen MR) is 99.5 cm³/mol. The highest BCUT2D eigenvalue weighted by Gasteiger charge is 2.20. The third-order valence-corrected chi connectivity index (χ3v) is 4.45. The first-order chi connectivity index (χ1) is 11.9. The fraction of sp³-hybridized carbons (Fsp3) is 0.350. The highest BCUT2D eigenvalue weighted by molar-refractivity contribution is 5.98. The number of anilines is 1. The van der Waals surface area contributed by atoms with Crippen molar-refractivity contribution in [2.45, 2.75) is 27.2 Å². The molecule has 0 aliphatic rings. The molecule has 1 aromatic heterocycles. The van der Waals surface area contributed by atoms with Crippen LogP contribution in [0.5, 0.6) is 0 Å². The topological polar surface area (TPSA) is 53.5 Å². The van der Waals surface area contributed by atoms with Gasteiger partial charge in [-0.15, -0.1) is 0 Å². The Hall–Kier alpha value is -2.69. The van der Waals surface area contributed by atoms with E-state index in [9.17, 15) is 9.59 Å². The summed E-state index contributed by atoms with van der Waals surface area (Å²) in [4.78, 5) is 31.9. The van der Waals surface area contributed by atoms with Crippen LogP contribution < -0.4 is 4.90 Å². The van der Waals surface area contributed by atoms with E-state index in [0.29, 0.717) is 6.54 Å². The summed E-state index contributed by atoms with van der Waals surface area (Å²) < 4.78 is 0. The van der Waals surface area contributed by atoms with E-state index < -0.39 is 0 Å². The normalized spacial score (nSPS) is 10.4. The third kappa shape index (κ3) is 4.89. The largest absolute Gasteiger partial charge is 0.344 e. The van der Waals surface area contributed by atoms with Crippen LogP contribution in [0.15, 0.2) is 42.7 Å². The Morgan fingerprint density at radius 3 is 2.40 bits per heavy atom. The number of pyridine rings is 1. The number of nitrogens with zero attached hydrogens (tertiary/aromatic N) is 3. The maximum atomic E-state index is 12.6. The van der Waals surface area contributed by atoms with Crippen LogP contribution in [-0.2, 0) is 16.0 Å². The zero-order valence-electron chi connectivity index (χ0n) is 15.3. The Balaban J connectivity index is 2.04. The zero-order valence-corrected chi connectivity index (χ0v) is 15.3. The molecule has 0 unspecified atom stereocenters. The van der Waals surface area contributed by atoms with E-state index in [0.717, 1.165) is 28.8 Å². The van der Waals surface area contributed by atoms with E-state index in [1.165, 1.54) is 6.92 Å². The van der Waals surface area contributed by atoms with Gasteiger partial charge in [-0.25, -0.2) is 0 Å². The molecule has 1 heterocycles. The maximum Gasteiger partial charge on any atom is 0.242 e. The van der Waals surface area contributed by atoms with Gasteiger partial charge in [0.1, 0.15) is 6.54 Å². The minimum atomic E-state index is -0.135. The van der Waals surface area contributed by atoms with Gasteiger partial charge in [-0.1, -0.05) is 12.1 Å². The molecular formula is C20H25N3O2. The Bertz CT molecular complexity index is 744. The molecule has 2 rings (SSSR count). The van der Waals surface area contributed by atoms with Crippen molar-refractivity contribution in [2.24, 2.45) is 0 Å². The fourth-order valence-corrected chi connectivity index (χ4v) is 2.62. The Morgan fingerprint density at radius 2 is 1.76 bits per heavy atom. The van der Waals surface area contributed by atoms with E-state index >= 15 is 0 Å². The van der Waals surface area contributed by atoms with Gasteiger partial charge < -0.3 is 9.80 Å². The van der Waals surface area contributed by atoms with Crippen LogP contribution in [0.3, 0.4) is 0 Å². The van der Waals surface area contributed by atoms with Crippen LogP contribution in [0.25, 0.3) is 0 Å². The predicted octanol–water partition coefficient (Wildman–Crippen LogP) is 2.75. The van der Waals surface area contributed by atoms with Gasteiger partial charge in [0.25, 0.3) is 0 Å². The lowest BCUT2D eigenvalue weighted by molar-refractivity contribution is -0.130. The average molecular weight is 339 g/mol. The second-order valence-electron chi connectivity index (χ2n) is 6.24. The smallest absolute Gasteiger partial charge is 0.242 e. The first-order valence-corrected chi connectivity index (χ1v) is 8.37. The molecule has 0 saturated heterocycles. The monoisotopic (exact) mass is 339 g/mol. The molecule has 0 radical (unpaired) electrons. The minimum absolute atomic E-state index is 0.0481. The van der Waals surface area contributed by atoms with E-state index in [-0.39, 0.29) is 18.4 Å². The number of hydrogen-bond donors (Lipinski definition) is 0. The molecule has 0 spiro atoms. The number of hydrogen-bond acceptors (Lipinski definition) is 3. The maximum absolute atomic E-state index is 12.6. The number of benzene rings is 1. The number of carbonyl (C=O) groups excluding carboxylic acids is 2. The second kappa shape index (κ2) is 8.42. The first kappa shape index (κ1) is 18.6. The van der Waals surface area contributed by atoms with Crippen LogP contribution in [0.4, 0.5) is 5.69 Å². The minimum Gasteiger partial charge on any atom is -0.344 e. The summed E-state index contributed by atoms with van der Waals surface area (Å²) in [5.74, 6) is -0.213. The Morgan fingerprint density at radius 1 is 1.08 bits per heavy atom. The molecule has 132 valence electrons. The number of rotatable bonds is 6. The summed E-state index contributed by atoms with van der Waals surface area (Å²) in [6, 6.07) is 9.67. The molecular weight excluding hydrogens is 314 g/mol. The molecule has 0 fully saturated rings. The molecule has 0 N–H and O–H groups in total. The van der Waals surface area contributed by atoms with Crippen molar-refractivity contribution in [3.63, 3.8) is 0 Å². The number of aryl methyl sites for hydroxylation is 1. The van der Waals surface area contributed by atoms with Crippen LogP contribution in [0.1, 0.15) is 23.6 Å². The van der Waals surface area contributed by atoms with Gasteiger partial charge in [-0.05, 0) is 55.2 Å². The molecule has 0 atom stereocenters. The summed E-state index contributed by atoms with van der Waals surface area (Å²) in [6.45, 7) is 6.11. The fourth-order valence-electron chi connectivity index (χ4n) is 2.62. The molecule has 25 heavy (non-hydrogen) atoms. The van der Waals surface area contributed by atoms with Crippen molar-refractivity contribution in [3.8, 4) is 0 Å². The highest BCUT2D eigenvalue weighted by Crippen LogP contribution is 2.23. The molecule has 1 aromatic carbocycles. The van der Waals surface area contributed by atoms with Crippen LogP contribution in [-0.4, -0.2) is 41.8 Å². The third-order valence-electron chi connectivity index (χ3n) is 4.45. The van der Waals surface area contributed by atoms with E-state index in [2.05, 4.69) is 4.98 Å². The quantitative estimate of drug-likeness (QED) is 0.813. The van der Waals surface area contributed by atoms with E-state index in [1.807, 2.05) is 44.2 Å². The standard InChI is InChI=1S/C20H25N3O2/c1-15-6-5-7-19(16(15)2)23(17(3)24)14-20(25)22(4)13-10-18-8-11-21-12-9-18/h5-9,11-12H,10,13-14H2,1-4H3. The summed E-state index contributed by atoms with van der Waals surface area (Å²) in [5.41, 5.74) is 4.04. The number of likely N-dealkylation sites (N-methyl/N-ethyl adjacent to an activating group) is 1. The van der Waals surface area contributed by atoms with Crippen molar-refractivity contribution in [1.29, 1.82) is 0 Å². The van der Waals surface area contributed by atoms with Crippen LogP contribution >= 0.6 is 0 Å². The molecule has 5 heteroatoms. The van der Waals surface area contributed by atoms with Crippen LogP contribution in [0, 0.1) is 13.8 Å². The second-order valence-corrected chi connectivity index (χ2v) is 6.24. The Kier molecular flexibility index (Phi) is 6.28. The molecule has 2 aromatic rings. The van der Waals surface area contributed by atoms with Crippen molar-refractivity contribution in [2.75, 3.05) is 25.0 Å². The lowest BCUT2D eigenvalue weighted by atomic mass is 10.1. The first-order valence-electron chi connectivity index (χ1n) is 8.37. The van der Waals surface area contributed by atoms with Crippen molar-refractivity contribution < 1.29 is 9.59 Å². The molecule has 0 saturated carbocycles. The molecule has 2 amide bonds. The number of amides is 2.